The summed E-state index contributed by atoms with van der Waals surface area (Å²) in [5.41, 5.74) is 9.05. The Balaban J connectivity index is 1.62. The van der Waals surface area contributed by atoms with Crippen molar-refractivity contribution in [1.29, 1.82) is 5.26 Å². The van der Waals surface area contributed by atoms with Crippen LogP contribution in [0.3, 0.4) is 0 Å². The molecular formula is C18H18BClN6S. The quantitative estimate of drug-likeness (QED) is 0.362. The predicted molar refractivity (Wildman–Crippen MR) is 111 cm³/mol. The molecular weight excluding hydrogens is 379 g/mol. The van der Waals surface area contributed by atoms with E-state index in [1.807, 2.05) is 12.1 Å². The highest BCUT2D eigenvalue weighted by molar-refractivity contribution is 7.20. The molecule has 3 heterocycles. The maximum atomic E-state index is 9.06. The lowest BCUT2D eigenvalue weighted by Gasteiger charge is -2.21. The maximum absolute atomic E-state index is 9.06. The number of hydrogen-bond acceptors (Lipinski definition) is 6. The molecule has 27 heavy (non-hydrogen) atoms. The number of nitrogens with zero attached hydrogens (tertiary/aromatic N) is 5. The minimum atomic E-state index is 0.210. The number of aromatic nitrogens is 2. The Labute approximate surface area is 166 Å². The number of thiazole rings is 1. The van der Waals surface area contributed by atoms with Crippen LogP contribution in [0.5, 0.6) is 0 Å². The molecule has 0 aliphatic carbocycles. The molecule has 1 aliphatic rings. The Kier molecular flexibility index (Phi) is 4.89. The van der Waals surface area contributed by atoms with E-state index in [0.717, 1.165) is 46.6 Å². The first-order chi connectivity index (χ1) is 13.1. The number of benzene rings is 1. The van der Waals surface area contributed by atoms with Crippen LogP contribution >= 0.6 is 22.9 Å². The molecule has 0 spiro atoms. The first-order valence-electron chi connectivity index (χ1n) is 8.86. The Morgan fingerprint density at radius 2 is 2.15 bits per heavy atom. The molecule has 2 N–H and O–H groups in total. The van der Waals surface area contributed by atoms with E-state index in [0.29, 0.717) is 22.3 Å². The molecule has 3 aromatic rings. The highest BCUT2D eigenvalue weighted by Gasteiger charge is 2.27. The third kappa shape index (κ3) is 3.45. The normalized spacial score (nSPS) is 15.7. The van der Waals surface area contributed by atoms with E-state index in [1.165, 1.54) is 0 Å². The second-order valence-corrected chi connectivity index (χ2v) is 8.24. The first kappa shape index (κ1) is 18.0. The number of azo groups is 1. The van der Waals surface area contributed by atoms with Crippen LogP contribution in [0.4, 0.5) is 11.4 Å². The van der Waals surface area contributed by atoms with E-state index in [-0.39, 0.29) is 6.71 Å². The van der Waals surface area contributed by atoms with E-state index < -0.39 is 0 Å². The molecule has 4 rings (SSSR count). The van der Waals surface area contributed by atoms with Gasteiger partial charge >= 0.3 is 0 Å². The molecule has 0 unspecified atom stereocenters. The maximum Gasteiger partial charge on any atom is 0.267 e. The number of hydrogen-bond donors (Lipinski definition) is 1. The SMILES string of the molecule is CN=Nc1cc(-c2cn3cc(C4CCB(C#N)CC4)nc3s2)cc(Cl)c1N. The van der Waals surface area contributed by atoms with Crippen molar-refractivity contribution in [3.05, 3.63) is 35.2 Å². The minimum Gasteiger partial charge on any atom is -0.396 e. The molecule has 1 aliphatic heterocycles. The van der Waals surface area contributed by atoms with Gasteiger partial charge in [-0.25, -0.2) is 10.2 Å². The fraction of sp³-hybridized carbons (Fsp3) is 0.333. The van der Waals surface area contributed by atoms with Gasteiger partial charge in [0.2, 0.25) is 0 Å². The molecule has 0 atom stereocenters. The van der Waals surface area contributed by atoms with Gasteiger partial charge in [0.1, 0.15) is 5.69 Å². The van der Waals surface area contributed by atoms with Crippen molar-refractivity contribution in [1.82, 2.24) is 9.38 Å². The van der Waals surface area contributed by atoms with Gasteiger partial charge in [0, 0.05) is 31.3 Å². The Hall–Kier alpha value is -2.37. The molecule has 1 saturated heterocycles. The van der Waals surface area contributed by atoms with Gasteiger partial charge in [0.15, 0.2) is 4.96 Å². The molecule has 9 heteroatoms. The van der Waals surface area contributed by atoms with Gasteiger partial charge in [-0.2, -0.15) is 10.2 Å². The number of imidazole rings is 1. The summed E-state index contributed by atoms with van der Waals surface area (Å²) in [6.45, 7) is 0.210. The topological polar surface area (TPSA) is 91.8 Å². The lowest BCUT2D eigenvalue weighted by atomic mass is 9.41. The summed E-state index contributed by atoms with van der Waals surface area (Å²) in [6, 6.07) is 3.74. The number of nitrogens with two attached hydrogens (primary N) is 1. The minimum absolute atomic E-state index is 0.210. The Morgan fingerprint density at radius 3 is 2.81 bits per heavy atom. The lowest BCUT2D eigenvalue weighted by molar-refractivity contribution is 0.598. The molecule has 6 nitrogen and oxygen atoms in total. The summed E-state index contributed by atoms with van der Waals surface area (Å²) in [4.78, 5) is 6.83. The molecule has 0 amide bonds. The van der Waals surface area contributed by atoms with Crippen LogP contribution in [-0.4, -0.2) is 23.1 Å². The summed E-state index contributed by atoms with van der Waals surface area (Å²) in [6.07, 6.45) is 8.18. The fourth-order valence-electron chi connectivity index (χ4n) is 3.60. The zero-order chi connectivity index (χ0) is 19.0. The first-order valence-corrected chi connectivity index (χ1v) is 10.1. The van der Waals surface area contributed by atoms with E-state index in [2.05, 4.69) is 33.0 Å². The summed E-state index contributed by atoms with van der Waals surface area (Å²) < 4.78 is 2.07. The van der Waals surface area contributed by atoms with Crippen LogP contribution in [0.15, 0.2) is 34.8 Å². The van der Waals surface area contributed by atoms with Crippen LogP contribution in [0.1, 0.15) is 24.5 Å². The number of rotatable bonds is 3. The third-order valence-electron chi connectivity index (χ3n) is 5.10. The predicted octanol–water partition coefficient (Wildman–Crippen LogP) is 5.45. The Morgan fingerprint density at radius 1 is 1.37 bits per heavy atom. The van der Waals surface area contributed by atoms with Gasteiger partial charge in [0.05, 0.1) is 21.3 Å². The summed E-state index contributed by atoms with van der Waals surface area (Å²) in [5.74, 6) is 2.84. The second-order valence-electron chi connectivity index (χ2n) is 6.82. The smallest absolute Gasteiger partial charge is 0.267 e. The number of fused-ring (bicyclic) bond motifs is 1. The monoisotopic (exact) mass is 396 g/mol. The molecule has 0 radical (unpaired) electrons. The fourth-order valence-corrected chi connectivity index (χ4v) is 4.77. The van der Waals surface area contributed by atoms with Crippen molar-refractivity contribution < 1.29 is 0 Å². The second kappa shape index (κ2) is 7.33. The summed E-state index contributed by atoms with van der Waals surface area (Å²) in [7, 11) is 1.60. The highest BCUT2D eigenvalue weighted by atomic mass is 35.5. The van der Waals surface area contributed by atoms with Crippen molar-refractivity contribution in [3.8, 4) is 16.4 Å². The molecule has 1 aromatic carbocycles. The molecule has 0 bridgehead atoms. The van der Waals surface area contributed by atoms with E-state index in [9.17, 15) is 0 Å². The van der Waals surface area contributed by atoms with Gasteiger partial charge in [-0.15, -0.1) is 0 Å². The van der Waals surface area contributed by atoms with Crippen molar-refractivity contribution in [2.75, 3.05) is 12.8 Å². The van der Waals surface area contributed by atoms with E-state index in [1.54, 1.807) is 18.4 Å². The zero-order valence-corrected chi connectivity index (χ0v) is 16.5. The number of halogens is 1. The van der Waals surface area contributed by atoms with Crippen molar-refractivity contribution in [2.24, 2.45) is 10.2 Å². The highest BCUT2D eigenvalue weighted by Crippen LogP contribution is 2.39. The largest absolute Gasteiger partial charge is 0.396 e. The van der Waals surface area contributed by atoms with Gasteiger partial charge in [0.25, 0.3) is 6.71 Å². The molecule has 0 saturated carbocycles. The van der Waals surface area contributed by atoms with Gasteiger partial charge in [-0.05, 0) is 17.7 Å². The number of anilines is 1. The van der Waals surface area contributed by atoms with Crippen LogP contribution in [0.25, 0.3) is 15.4 Å². The average molecular weight is 397 g/mol. The van der Waals surface area contributed by atoms with Gasteiger partial charge in [-0.3, -0.25) is 4.40 Å². The number of nitriles is 1. The van der Waals surface area contributed by atoms with Crippen molar-refractivity contribution >= 4 is 46.0 Å². The lowest BCUT2D eigenvalue weighted by Crippen LogP contribution is -2.18. The van der Waals surface area contributed by atoms with E-state index >= 15 is 0 Å². The molecule has 1 fully saturated rings. The van der Waals surface area contributed by atoms with Crippen molar-refractivity contribution in [3.63, 3.8) is 0 Å². The van der Waals surface area contributed by atoms with Crippen LogP contribution in [0.2, 0.25) is 17.7 Å². The Bertz CT molecular complexity index is 1030. The molecule has 136 valence electrons. The summed E-state index contributed by atoms with van der Waals surface area (Å²) in [5, 5.41) is 17.4. The summed E-state index contributed by atoms with van der Waals surface area (Å²) >= 11 is 7.87. The third-order valence-corrected chi connectivity index (χ3v) is 6.46. The number of nitrogen functional groups attached to an aromatic ring is 1. The van der Waals surface area contributed by atoms with E-state index in [4.69, 9.17) is 27.6 Å². The van der Waals surface area contributed by atoms with Crippen LogP contribution < -0.4 is 5.73 Å². The average Bonchev–Trinajstić information content (AvgIpc) is 3.25. The standard InChI is InChI=1S/C18H18BClN6S/c1-23-25-14-7-12(6-13(20)17(14)22)16-9-26-8-15(24-18(26)27-16)11-2-4-19(10-21)5-3-11/h6-9,11H,2-5,22H2,1H3. The van der Waals surface area contributed by atoms with Crippen LogP contribution in [-0.2, 0) is 0 Å². The van der Waals surface area contributed by atoms with Crippen LogP contribution in [0, 0.1) is 11.2 Å². The molecule has 2 aromatic heterocycles. The zero-order valence-electron chi connectivity index (χ0n) is 14.9. The van der Waals surface area contributed by atoms with Crippen molar-refractivity contribution in [2.45, 2.75) is 31.4 Å². The van der Waals surface area contributed by atoms with Gasteiger partial charge in [-0.1, -0.05) is 48.4 Å². The van der Waals surface area contributed by atoms with Gasteiger partial charge < -0.3 is 5.73 Å².